The molecule has 0 aliphatic carbocycles. The fraction of sp³-hybridized carbons (Fsp3) is 0.312. The predicted molar refractivity (Wildman–Crippen MR) is 90.5 cm³/mol. The van der Waals surface area contributed by atoms with Gasteiger partial charge < -0.3 is 15.7 Å². The van der Waals surface area contributed by atoms with E-state index in [1.165, 1.54) is 23.1 Å². The zero-order valence-electron chi connectivity index (χ0n) is 12.9. The molecule has 1 heterocycles. The summed E-state index contributed by atoms with van der Waals surface area (Å²) in [5.74, 6) is -1.65. The first kappa shape index (κ1) is 17.8. The second-order valence-electron chi connectivity index (χ2n) is 5.28. The number of benzene rings is 1. The maximum Gasteiger partial charge on any atom is 0.326 e. The topological polar surface area (TPSA) is 98.7 Å². The number of anilines is 1. The molecule has 3 amide bonds. The van der Waals surface area contributed by atoms with Crippen LogP contribution in [0.25, 0.3) is 0 Å². The van der Waals surface area contributed by atoms with Crippen molar-refractivity contribution in [1.29, 1.82) is 0 Å². The van der Waals surface area contributed by atoms with E-state index in [1.807, 2.05) is 0 Å². The number of nitrogens with zero attached hydrogens (tertiary/aromatic N) is 1. The van der Waals surface area contributed by atoms with Crippen LogP contribution in [0.15, 0.2) is 30.9 Å². The highest BCUT2D eigenvalue weighted by Crippen LogP contribution is 2.28. The molecule has 8 heteroatoms. The van der Waals surface area contributed by atoms with Gasteiger partial charge in [-0.1, -0.05) is 17.7 Å². The van der Waals surface area contributed by atoms with Crippen molar-refractivity contribution < 1.29 is 19.5 Å². The molecule has 2 rings (SSSR count). The lowest BCUT2D eigenvalue weighted by molar-refractivity contribution is -0.139. The van der Waals surface area contributed by atoms with Crippen molar-refractivity contribution >= 4 is 35.2 Å². The quantitative estimate of drug-likeness (QED) is 0.654. The summed E-state index contributed by atoms with van der Waals surface area (Å²) in [6, 6.07) is 3.18. The first-order valence-electron chi connectivity index (χ1n) is 7.43. The highest BCUT2D eigenvalue weighted by Gasteiger charge is 2.25. The third-order valence-electron chi connectivity index (χ3n) is 3.62. The number of carboxylic acid groups (broad SMARTS) is 1. The van der Waals surface area contributed by atoms with Crippen LogP contribution >= 0.6 is 11.6 Å². The summed E-state index contributed by atoms with van der Waals surface area (Å²) in [6.07, 6.45) is 2.31. The summed E-state index contributed by atoms with van der Waals surface area (Å²) >= 11 is 6.11. The molecule has 1 atom stereocenters. The van der Waals surface area contributed by atoms with Crippen LogP contribution < -0.4 is 15.5 Å². The average molecular weight is 352 g/mol. The SMILES string of the molecule is C=CCCC(NC(=O)c1ccc(Cl)c(N2CCNC2=O)c1)C(=O)O. The van der Waals surface area contributed by atoms with Gasteiger partial charge in [0.2, 0.25) is 0 Å². The van der Waals surface area contributed by atoms with Crippen LogP contribution in [0.4, 0.5) is 10.5 Å². The number of urea groups is 1. The van der Waals surface area contributed by atoms with Crippen LogP contribution in [0.5, 0.6) is 0 Å². The molecule has 1 aliphatic heterocycles. The molecule has 1 aromatic carbocycles. The lowest BCUT2D eigenvalue weighted by atomic mass is 10.1. The van der Waals surface area contributed by atoms with E-state index in [4.69, 9.17) is 11.6 Å². The Bertz CT molecular complexity index is 677. The van der Waals surface area contributed by atoms with E-state index in [0.29, 0.717) is 30.2 Å². The second kappa shape index (κ2) is 7.83. The van der Waals surface area contributed by atoms with Gasteiger partial charge in [-0.25, -0.2) is 9.59 Å². The van der Waals surface area contributed by atoms with Gasteiger partial charge in [0, 0.05) is 18.7 Å². The molecule has 0 saturated carbocycles. The Morgan fingerprint density at radius 1 is 1.50 bits per heavy atom. The third kappa shape index (κ3) is 4.05. The van der Waals surface area contributed by atoms with Crippen LogP contribution in [0.1, 0.15) is 23.2 Å². The minimum Gasteiger partial charge on any atom is -0.480 e. The van der Waals surface area contributed by atoms with Gasteiger partial charge in [-0.2, -0.15) is 0 Å². The number of rotatable bonds is 7. The standard InChI is InChI=1S/C16H18ClN3O4/c1-2-3-4-12(15(22)23)19-14(21)10-5-6-11(17)13(9-10)20-8-7-18-16(20)24/h2,5-6,9,12H,1,3-4,7-8H2,(H,18,24)(H,19,21)(H,22,23). The van der Waals surface area contributed by atoms with Gasteiger partial charge in [0.25, 0.3) is 5.91 Å². The summed E-state index contributed by atoms with van der Waals surface area (Å²) < 4.78 is 0. The van der Waals surface area contributed by atoms with Crippen molar-refractivity contribution in [2.45, 2.75) is 18.9 Å². The zero-order chi connectivity index (χ0) is 17.7. The number of carbonyl (C=O) groups excluding carboxylic acids is 2. The Labute approximate surface area is 144 Å². The highest BCUT2D eigenvalue weighted by molar-refractivity contribution is 6.34. The fourth-order valence-corrected chi connectivity index (χ4v) is 2.57. The maximum absolute atomic E-state index is 12.3. The van der Waals surface area contributed by atoms with Crippen LogP contribution in [-0.4, -0.2) is 42.1 Å². The molecule has 1 aromatic rings. The summed E-state index contributed by atoms with van der Waals surface area (Å²) in [6.45, 7) is 4.48. The summed E-state index contributed by atoms with van der Waals surface area (Å²) in [7, 11) is 0. The molecule has 128 valence electrons. The molecule has 0 bridgehead atoms. The lowest BCUT2D eigenvalue weighted by Crippen LogP contribution is -2.40. The lowest BCUT2D eigenvalue weighted by Gasteiger charge is -2.18. The average Bonchev–Trinajstić information content (AvgIpc) is 2.97. The zero-order valence-corrected chi connectivity index (χ0v) is 13.7. The van der Waals surface area contributed by atoms with Crippen molar-refractivity contribution in [1.82, 2.24) is 10.6 Å². The molecular weight excluding hydrogens is 334 g/mol. The minimum absolute atomic E-state index is 0.235. The van der Waals surface area contributed by atoms with Gasteiger partial charge in [0.1, 0.15) is 6.04 Å². The fourth-order valence-electron chi connectivity index (χ4n) is 2.35. The van der Waals surface area contributed by atoms with Crippen molar-refractivity contribution in [2.24, 2.45) is 0 Å². The van der Waals surface area contributed by atoms with E-state index < -0.39 is 17.9 Å². The van der Waals surface area contributed by atoms with E-state index in [2.05, 4.69) is 17.2 Å². The van der Waals surface area contributed by atoms with E-state index in [0.717, 1.165) is 0 Å². The third-order valence-corrected chi connectivity index (χ3v) is 3.94. The van der Waals surface area contributed by atoms with Crippen molar-refractivity contribution in [3.05, 3.63) is 41.4 Å². The number of amides is 3. The molecule has 1 aliphatic rings. The Balaban J connectivity index is 2.18. The maximum atomic E-state index is 12.3. The van der Waals surface area contributed by atoms with E-state index >= 15 is 0 Å². The number of hydrogen-bond acceptors (Lipinski definition) is 3. The van der Waals surface area contributed by atoms with Gasteiger partial charge in [-0.3, -0.25) is 9.69 Å². The van der Waals surface area contributed by atoms with Crippen molar-refractivity contribution in [3.8, 4) is 0 Å². The minimum atomic E-state index is -1.11. The van der Waals surface area contributed by atoms with E-state index in [1.54, 1.807) is 6.08 Å². The number of nitrogens with one attached hydrogen (secondary N) is 2. The van der Waals surface area contributed by atoms with Crippen molar-refractivity contribution in [3.63, 3.8) is 0 Å². The molecule has 3 N–H and O–H groups in total. The highest BCUT2D eigenvalue weighted by atomic mass is 35.5. The van der Waals surface area contributed by atoms with Gasteiger partial charge in [0.05, 0.1) is 10.7 Å². The van der Waals surface area contributed by atoms with Crippen molar-refractivity contribution in [2.75, 3.05) is 18.0 Å². The second-order valence-corrected chi connectivity index (χ2v) is 5.69. The molecule has 1 unspecified atom stereocenters. The number of allylic oxidation sites excluding steroid dienone is 1. The first-order valence-corrected chi connectivity index (χ1v) is 7.81. The first-order chi connectivity index (χ1) is 11.4. The number of aliphatic carboxylic acids is 1. The summed E-state index contributed by atoms with van der Waals surface area (Å²) in [4.78, 5) is 36.7. The van der Waals surface area contributed by atoms with Gasteiger partial charge in [0.15, 0.2) is 0 Å². The smallest absolute Gasteiger partial charge is 0.326 e. The van der Waals surface area contributed by atoms with E-state index in [-0.39, 0.29) is 18.0 Å². The predicted octanol–water partition coefficient (Wildman–Crippen LogP) is 2.02. The normalized spacial score (nSPS) is 14.9. The Morgan fingerprint density at radius 3 is 2.83 bits per heavy atom. The molecule has 7 nitrogen and oxygen atoms in total. The van der Waals surface area contributed by atoms with Crippen LogP contribution in [0.3, 0.4) is 0 Å². The molecule has 1 fully saturated rings. The summed E-state index contributed by atoms with van der Waals surface area (Å²) in [5, 5.41) is 14.6. The molecule has 0 spiro atoms. The number of hydrogen-bond donors (Lipinski definition) is 3. The van der Waals surface area contributed by atoms with Crippen LogP contribution in [0.2, 0.25) is 5.02 Å². The van der Waals surface area contributed by atoms with Crippen LogP contribution in [-0.2, 0) is 4.79 Å². The van der Waals surface area contributed by atoms with Gasteiger partial charge >= 0.3 is 12.0 Å². The Kier molecular flexibility index (Phi) is 5.81. The van der Waals surface area contributed by atoms with E-state index in [9.17, 15) is 19.5 Å². The number of halogens is 1. The monoisotopic (exact) mass is 351 g/mol. The Hall–Kier alpha value is -2.54. The number of carbonyl (C=O) groups is 3. The summed E-state index contributed by atoms with van der Waals surface area (Å²) in [5.41, 5.74) is 0.649. The molecule has 0 radical (unpaired) electrons. The number of carboxylic acids is 1. The molecule has 1 saturated heterocycles. The molecule has 0 aromatic heterocycles. The Morgan fingerprint density at radius 2 is 2.25 bits per heavy atom. The van der Waals surface area contributed by atoms with Crippen LogP contribution in [0, 0.1) is 0 Å². The van der Waals surface area contributed by atoms with Gasteiger partial charge in [-0.15, -0.1) is 6.58 Å². The molecule has 24 heavy (non-hydrogen) atoms. The van der Waals surface area contributed by atoms with Gasteiger partial charge in [-0.05, 0) is 31.0 Å². The largest absolute Gasteiger partial charge is 0.480 e. The molecular formula is C16H18ClN3O4.